The van der Waals surface area contributed by atoms with E-state index in [2.05, 4.69) is 45.1 Å². The van der Waals surface area contributed by atoms with Gasteiger partial charge in [0.25, 0.3) is 0 Å². The Bertz CT molecular complexity index is 912. The van der Waals surface area contributed by atoms with Gasteiger partial charge < -0.3 is 5.73 Å². The molecule has 0 amide bonds. The molecule has 2 aliphatic carbocycles. The quantitative estimate of drug-likeness (QED) is 0.798. The molecule has 0 saturated carbocycles. The Labute approximate surface area is 161 Å². The van der Waals surface area contributed by atoms with Crippen LogP contribution < -0.4 is 5.73 Å². The highest BCUT2D eigenvalue weighted by atomic mass is 14.7. The highest BCUT2D eigenvalue weighted by Gasteiger charge is 2.54. The van der Waals surface area contributed by atoms with Crippen molar-refractivity contribution in [3.8, 4) is 18.2 Å². The van der Waals surface area contributed by atoms with Gasteiger partial charge in [0.15, 0.2) is 5.41 Å². The average molecular weight is 356 g/mol. The topological polar surface area (TPSA) is 97.4 Å². The lowest BCUT2D eigenvalue weighted by molar-refractivity contribution is 0.170. The second kappa shape index (κ2) is 6.61. The van der Waals surface area contributed by atoms with E-state index in [4.69, 9.17) is 5.73 Å². The predicted molar refractivity (Wildman–Crippen MR) is 103 cm³/mol. The molecule has 0 aliphatic heterocycles. The Morgan fingerprint density at radius 1 is 1.07 bits per heavy atom. The molecule has 1 aromatic rings. The normalized spacial score (nSPS) is 26.8. The lowest BCUT2D eigenvalue weighted by Gasteiger charge is -2.47. The van der Waals surface area contributed by atoms with Gasteiger partial charge in [0.2, 0.25) is 0 Å². The van der Waals surface area contributed by atoms with Crippen LogP contribution in [-0.2, 0) is 0 Å². The van der Waals surface area contributed by atoms with Crippen molar-refractivity contribution in [1.82, 2.24) is 0 Å². The molecule has 0 unspecified atom stereocenters. The van der Waals surface area contributed by atoms with Crippen molar-refractivity contribution in [3.05, 3.63) is 58.8 Å². The largest absolute Gasteiger partial charge is 0.399 e. The van der Waals surface area contributed by atoms with Crippen LogP contribution in [0.5, 0.6) is 0 Å². The molecule has 136 valence electrons. The van der Waals surface area contributed by atoms with Gasteiger partial charge in [-0.25, -0.2) is 0 Å². The number of nitriles is 3. The maximum absolute atomic E-state index is 10.1. The average Bonchev–Trinajstić information content (AvgIpc) is 2.67. The summed E-state index contributed by atoms with van der Waals surface area (Å²) in [6.07, 6.45) is 3.82. The van der Waals surface area contributed by atoms with E-state index in [1.54, 1.807) is 0 Å². The molecule has 0 heterocycles. The SMILES string of the molecule is CC(C)(C)[C@H]1CC=C2C(C#N)=C(N)C(C#N)(C#N)[C@H](c3ccccc3)[C@H]2C1. The number of nitrogens with two attached hydrogens (primary N) is 1. The molecule has 3 atom stereocenters. The molecule has 0 spiro atoms. The highest BCUT2D eigenvalue weighted by Crippen LogP contribution is 2.57. The van der Waals surface area contributed by atoms with Gasteiger partial charge in [-0.2, -0.15) is 15.8 Å². The minimum absolute atomic E-state index is 0.0772. The number of fused-ring (bicyclic) bond motifs is 1. The smallest absolute Gasteiger partial charge is 0.191 e. The molecule has 4 nitrogen and oxygen atoms in total. The summed E-state index contributed by atoms with van der Waals surface area (Å²) in [6.45, 7) is 6.65. The molecule has 3 rings (SSSR count). The van der Waals surface area contributed by atoms with Gasteiger partial charge in [0.1, 0.15) is 6.07 Å². The first-order valence-corrected chi connectivity index (χ1v) is 9.28. The Morgan fingerprint density at radius 2 is 1.70 bits per heavy atom. The molecule has 4 heteroatoms. The summed E-state index contributed by atoms with van der Waals surface area (Å²) in [4.78, 5) is 0. The summed E-state index contributed by atoms with van der Waals surface area (Å²) in [5.41, 5.74) is 7.13. The van der Waals surface area contributed by atoms with Crippen LogP contribution in [0.15, 0.2) is 53.3 Å². The molecule has 0 radical (unpaired) electrons. The summed E-state index contributed by atoms with van der Waals surface area (Å²) in [5, 5.41) is 29.9. The van der Waals surface area contributed by atoms with Gasteiger partial charge in [0.05, 0.1) is 23.4 Å². The Kier molecular flexibility index (Phi) is 4.59. The van der Waals surface area contributed by atoms with E-state index < -0.39 is 5.41 Å². The van der Waals surface area contributed by atoms with Crippen molar-refractivity contribution >= 4 is 0 Å². The fourth-order valence-corrected chi connectivity index (χ4v) is 4.63. The zero-order valence-electron chi connectivity index (χ0n) is 16.0. The Hall–Kier alpha value is -3.03. The summed E-state index contributed by atoms with van der Waals surface area (Å²) in [7, 11) is 0. The summed E-state index contributed by atoms with van der Waals surface area (Å²) in [5.74, 6) is -0.0550. The number of hydrogen-bond donors (Lipinski definition) is 1. The van der Waals surface area contributed by atoms with Crippen molar-refractivity contribution < 1.29 is 0 Å². The van der Waals surface area contributed by atoms with Gasteiger partial charge in [-0.1, -0.05) is 57.2 Å². The van der Waals surface area contributed by atoms with E-state index in [-0.39, 0.29) is 22.9 Å². The van der Waals surface area contributed by atoms with Crippen LogP contribution in [0.3, 0.4) is 0 Å². The second-order valence-electron chi connectivity index (χ2n) is 8.62. The zero-order chi connectivity index (χ0) is 19.8. The number of benzene rings is 1. The number of hydrogen-bond acceptors (Lipinski definition) is 4. The van der Waals surface area contributed by atoms with Crippen LogP contribution in [0, 0.1) is 56.7 Å². The first kappa shape index (κ1) is 18.8. The van der Waals surface area contributed by atoms with Crippen LogP contribution in [-0.4, -0.2) is 0 Å². The molecule has 2 aliphatic rings. The number of nitrogens with zero attached hydrogens (tertiary/aromatic N) is 3. The van der Waals surface area contributed by atoms with E-state index in [9.17, 15) is 15.8 Å². The molecular weight excluding hydrogens is 332 g/mol. The maximum atomic E-state index is 10.1. The van der Waals surface area contributed by atoms with Crippen LogP contribution in [0.25, 0.3) is 0 Å². The fraction of sp³-hybridized carbons (Fsp3) is 0.435. The monoisotopic (exact) mass is 356 g/mol. The molecule has 0 bridgehead atoms. The second-order valence-corrected chi connectivity index (χ2v) is 8.62. The number of allylic oxidation sites excluding steroid dienone is 4. The van der Waals surface area contributed by atoms with E-state index >= 15 is 0 Å². The highest BCUT2D eigenvalue weighted by molar-refractivity contribution is 5.59. The van der Waals surface area contributed by atoms with Gasteiger partial charge in [-0.05, 0) is 41.2 Å². The van der Waals surface area contributed by atoms with Gasteiger partial charge in [0, 0.05) is 5.92 Å². The van der Waals surface area contributed by atoms with Gasteiger partial charge in [-0.15, -0.1) is 0 Å². The maximum Gasteiger partial charge on any atom is 0.191 e. The van der Waals surface area contributed by atoms with Gasteiger partial charge in [-0.3, -0.25) is 0 Å². The molecule has 0 saturated heterocycles. The van der Waals surface area contributed by atoms with Crippen LogP contribution in [0.4, 0.5) is 0 Å². The van der Waals surface area contributed by atoms with Crippen molar-refractivity contribution in [2.45, 2.75) is 39.5 Å². The third kappa shape index (κ3) is 2.81. The van der Waals surface area contributed by atoms with Crippen molar-refractivity contribution in [2.24, 2.45) is 28.4 Å². The molecular formula is C23H24N4. The van der Waals surface area contributed by atoms with E-state index in [1.807, 2.05) is 30.3 Å². The zero-order valence-corrected chi connectivity index (χ0v) is 16.0. The molecule has 2 N–H and O–H groups in total. The van der Waals surface area contributed by atoms with Crippen molar-refractivity contribution in [1.29, 1.82) is 15.8 Å². The standard InChI is InChI=1S/C23H24N4/c1-22(2,3)16-9-10-17-18(11-16)20(15-7-5-4-6-8-15)23(13-25,14-26)21(27)19(17)12-24/h4-8,10,16,18,20H,9,11,27H2,1-3H3/t16-,18-,20+/m0/s1. The Balaban J connectivity index is 2.29. The van der Waals surface area contributed by atoms with E-state index in [0.717, 1.165) is 24.0 Å². The summed E-state index contributed by atoms with van der Waals surface area (Å²) in [6, 6.07) is 16.2. The van der Waals surface area contributed by atoms with Crippen LogP contribution in [0.2, 0.25) is 0 Å². The fourth-order valence-electron chi connectivity index (χ4n) is 4.63. The van der Waals surface area contributed by atoms with Crippen molar-refractivity contribution in [3.63, 3.8) is 0 Å². The minimum Gasteiger partial charge on any atom is -0.399 e. The van der Waals surface area contributed by atoms with E-state index in [1.165, 1.54) is 0 Å². The van der Waals surface area contributed by atoms with E-state index in [0.29, 0.717) is 11.5 Å². The third-order valence-corrected chi connectivity index (χ3v) is 6.26. The predicted octanol–water partition coefficient (Wildman–Crippen LogP) is 4.55. The summed E-state index contributed by atoms with van der Waals surface area (Å²) < 4.78 is 0. The first-order chi connectivity index (χ1) is 12.8. The molecule has 27 heavy (non-hydrogen) atoms. The minimum atomic E-state index is -1.53. The van der Waals surface area contributed by atoms with Crippen LogP contribution in [0.1, 0.15) is 45.1 Å². The lowest BCUT2D eigenvalue weighted by atomic mass is 9.54. The number of rotatable bonds is 1. The molecule has 0 aromatic heterocycles. The molecule has 1 aromatic carbocycles. The van der Waals surface area contributed by atoms with Gasteiger partial charge >= 0.3 is 0 Å². The third-order valence-electron chi connectivity index (χ3n) is 6.26. The van der Waals surface area contributed by atoms with Crippen molar-refractivity contribution in [2.75, 3.05) is 0 Å². The van der Waals surface area contributed by atoms with Crippen LogP contribution >= 0.6 is 0 Å². The first-order valence-electron chi connectivity index (χ1n) is 9.28. The Morgan fingerprint density at radius 3 is 2.22 bits per heavy atom. The summed E-state index contributed by atoms with van der Waals surface area (Å²) >= 11 is 0. The lowest BCUT2D eigenvalue weighted by Crippen LogP contribution is -2.44. The molecule has 0 fully saturated rings.